The van der Waals surface area contributed by atoms with Crippen molar-refractivity contribution >= 4 is 11.8 Å². The molecule has 5 rings (SSSR count). The summed E-state index contributed by atoms with van der Waals surface area (Å²) >= 11 is 0. The predicted octanol–water partition coefficient (Wildman–Crippen LogP) is 4.41. The lowest BCUT2D eigenvalue weighted by molar-refractivity contribution is -0.126. The second-order valence-electron chi connectivity index (χ2n) is 10.5. The number of nitrogens with one attached hydrogen (secondary N) is 2. The summed E-state index contributed by atoms with van der Waals surface area (Å²) in [6.07, 6.45) is 10.1. The maximum atomic E-state index is 14.5. The number of alkyl halides is 1. The molecule has 2 saturated carbocycles. The fourth-order valence-corrected chi connectivity index (χ4v) is 6.36. The van der Waals surface area contributed by atoms with Crippen LogP contribution in [0.4, 0.5) is 4.39 Å². The van der Waals surface area contributed by atoms with Crippen molar-refractivity contribution in [1.29, 1.82) is 0 Å². The van der Waals surface area contributed by atoms with E-state index in [9.17, 15) is 14.0 Å². The quantitative estimate of drug-likeness (QED) is 0.694. The lowest BCUT2D eigenvalue weighted by Gasteiger charge is -2.37. The molecule has 2 aliphatic heterocycles. The predicted molar refractivity (Wildman–Crippen MR) is 126 cm³/mol. The molecule has 1 saturated heterocycles. The Morgan fingerprint density at radius 3 is 2.58 bits per heavy atom. The third kappa shape index (κ3) is 4.72. The average molecular weight is 454 g/mol. The van der Waals surface area contributed by atoms with Gasteiger partial charge in [-0.2, -0.15) is 0 Å². The second kappa shape index (κ2) is 9.57. The molecule has 0 spiro atoms. The third-order valence-corrected chi connectivity index (χ3v) is 8.22. The molecule has 178 valence electrons. The van der Waals surface area contributed by atoms with Gasteiger partial charge in [0, 0.05) is 29.9 Å². The number of piperidine rings is 1. The van der Waals surface area contributed by atoms with Gasteiger partial charge in [0.1, 0.15) is 12.2 Å². The van der Waals surface area contributed by atoms with Gasteiger partial charge in [-0.05, 0) is 68.1 Å². The van der Waals surface area contributed by atoms with Crippen LogP contribution >= 0.6 is 0 Å². The van der Waals surface area contributed by atoms with Gasteiger partial charge in [0.05, 0.1) is 0 Å². The average Bonchev–Trinajstić information content (AvgIpc) is 3.12. The number of hydrogen-bond acceptors (Lipinski definition) is 3. The van der Waals surface area contributed by atoms with Crippen LogP contribution in [0.3, 0.4) is 0 Å². The summed E-state index contributed by atoms with van der Waals surface area (Å²) in [5.74, 6) is 0.319. The van der Waals surface area contributed by atoms with Crippen molar-refractivity contribution in [2.45, 2.75) is 101 Å². The SMILES string of the molecule is C=C1CCC(N2Cc3cc(C[C@H]4CCCC[C@@H]4N[C@H]4CCCC[C@@H]4F)ccc3C2=O)C(=O)N1. The van der Waals surface area contributed by atoms with Crippen molar-refractivity contribution < 1.29 is 14.0 Å². The number of fused-ring (bicyclic) bond motifs is 1. The van der Waals surface area contributed by atoms with Gasteiger partial charge >= 0.3 is 0 Å². The molecule has 6 heteroatoms. The second-order valence-corrected chi connectivity index (χ2v) is 10.5. The van der Waals surface area contributed by atoms with E-state index >= 15 is 0 Å². The van der Waals surface area contributed by atoms with Crippen molar-refractivity contribution in [3.05, 3.63) is 47.2 Å². The van der Waals surface area contributed by atoms with Gasteiger partial charge < -0.3 is 15.5 Å². The topological polar surface area (TPSA) is 61.4 Å². The Kier molecular flexibility index (Phi) is 6.55. The Bertz CT molecular complexity index is 932. The van der Waals surface area contributed by atoms with Gasteiger partial charge in [-0.15, -0.1) is 0 Å². The zero-order chi connectivity index (χ0) is 22.9. The van der Waals surface area contributed by atoms with Crippen LogP contribution in [0.2, 0.25) is 0 Å². The van der Waals surface area contributed by atoms with Gasteiger partial charge in [-0.25, -0.2) is 4.39 Å². The van der Waals surface area contributed by atoms with Crippen LogP contribution < -0.4 is 10.6 Å². The molecule has 2 N–H and O–H groups in total. The van der Waals surface area contributed by atoms with E-state index in [4.69, 9.17) is 0 Å². The highest BCUT2D eigenvalue weighted by Gasteiger charge is 2.38. The number of amides is 2. The summed E-state index contributed by atoms with van der Waals surface area (Å²) in [5, 5.41) is 6.51. The van der Waals surface area contributed by atoms with E-state index in [1.54, 1.807) is 4.90 Å². The number of allylic oxidation sites excluding steroid dienone is 1. The first-order chi connectivity index (χ1) is 16.0. The molecule has 0 bridgehead atoms. The van der Waals surface area contributed by atoms with Crippen LogP contribution in [0.5, 0.6) is 0 Å². The molecule has 5 atom stereocenters. The molecule has 0 radical (unpaired) electrons. The number of carbonyl (C=O) groups excluding carboxylic acids is 2. The minimum Gasteiger partial charge on any atom is -0.329 e. The molecule has 0 aromatic heterocycles. The number of nitrogens with zero attached hydrogens (tertiary/aromatic N) is 1. The molecule has 1 unspecified atom stereocenters. The summed E-state index contributed by atoms with van der Waals surface area (Å²) in [7, 11) is 0. The highest BCUT2D eigenvalue weighted by Crippen LogP contribution is 2.33. The van der Waals surface area contributed by atoms with Crippen LogP contribution in [0, 0.1) is 5.92 Å². The van der Waals surface area contributed by atoms with Crippen LogP contribution in [0.15, 0.2) is 30.5 Å². The maximum absolute atomic E-state index is 14.5. The minimum atomic E-state index is -0.715. The number of rotatable bonds is 5. The minimum absolute atomic E-state index is 0.00766. The van der Waals surface area contributed by atoms with E-state index in [2.05, 4.69) is 29.3 Å². The Balaban J connectivity index is 1.26. The van der Waals surface area contributed by atoms with Gasteiger partial charge in [0.2, 0.25) is 5.91 Å². The molecule has 3 fully saturated rings. The van der Waals surface area contributed by atoms with E-state index in [1.165, 1.54) is 18.4 Å². The highest BCUT2D eigenvalue weighted by atomic mass is 19.1. The number of hydrogen-bond donors (Lipinski definition) is 2. The first-order valence-electron chi connectivity index (χ1n) is 12.8. The summed E-state index contributed by atoms with van der Waals surface area (Å²) in [5.41, 5.74) is 3.71. The molecular weight excluding hydrogens is 417 g/mol. The smallest absolute Gasteiger partial charge is 0.255 e. The Morgan fingerprint density at radius 2 is 1.79 bits per heavy atom. The molecule has 1 aromatic carbocycles. The zero-order valence-electron chi connectivity index (χ0n) is 19.5. The Hall–Kier alpha value is -2.21. The lowest BCUT2D eigenvalue weighted by Crippen LogP contribution is -2.49. The molecule has 2 heterocycles. The summed E-state index contributed by atoms with van der Waals surface area (Å²) in [6.45, 7) is 4.33. The molecular formula is C27H36FN3O2. The number of carbonyl (C=O) groups is 2. The number of halogens is 1. The van der Waals surface area contributed by atoms with Crippen LogP contribution in [-0.4, -0.2) is 41.0 Å². The Morgan fingerprint density at radius 1 is 1.03 bits per heavy atom. The van der Waals surface area contributed by atoms with Gasteiger partial charge in [-0.1, -0.05) is 44.4 Å². The fraction of sp³-hybridized carbons (Fsp3) is 0.630. The zero-order valence-corrected chi connectivity index (χ0v) is 19.5. The molecule has 1 aromatic rings. The van der Waals surface area contributed by atoms with Gasteiger partial charge in [0.25, 0.3) is 5.91 Å². The van der Waals surface area contributed by atoms with E-state index in [0.717, 1.165) is 55.3 Å². The first kappa shape index (κ1) is 22.6. The van der Waals surface area contributed by atoms with Crippen molar-refractivity contribution in [3.8, 4) is 0 Å². The van der Waals surface area contributed by atoms with Crippen LogP contribution in [0.1, 0.15) is 85.7 Å². The van der Waals surface area contributed by atoms with E-state index in [0.29, 0.717) is 37.8 Å². The van der Waals surface area contributed by atoms with Crippen molar-refractivity contribution in [1.82, 2.24) is 15.5 Å². The lowest BCUT2D eigenvalue weighted by atomic mass is 9.79. The first-order valence-corrected chi connectivity index (χ1v) is 12.8. The molecule has 4 aliphatic rings. The third-order valence-electron chi connectivity index (χ3n) is 8.22. The number of benzene rings is 1. The van der Waals surface area contributed by atoms with E-state index < -0.39 is 12.2 Å². The molecule has 2 amide bonds. The summed E-state index contributed by atoms with van der Waals surface area (Å²) in [4.78, 5) is 27.2. The highest BCUT2D eigenvalue weighted by molar-refractivity contribution is 6.01. The molecule has 2 aliphatic carbocycles. The molecule has 5 nitrogen and oxygen atoms in total. The van der Waals surface area contributed by atoms with Crippen LogP contribution in [0.25, 0.3) is 0 Å². The summed E-state index contributed by atoms with van der Waals surface area (Å²) < 4.78 is 14.5. The summed E-state index contributed by atoms with van der Waals surface area (Å²) in [6, 6.07) is 6.13. The van der Waals surface area contributed by atoms with Gasteiger partial charge in [-0.3, -0.25) is 9.59 Å². The normalized spacial score (nSPS) is 32.6. The maximum Gasteiger partial charge on any atom is 0.255 e. The molecule has 33 heavy (non-hydrogen) atoms. The van der Waals surface area contributed by atoms with Crippen molar-refractivity contribution in [2.75, 3.05) is 0 Å². The van der Waals surface area contributed by atoms with Gasteiger partial charge in [0.15, 0.2) is 0 Å². The van der Waals surface area contributed by atoms with E-state index in [1.807, 2.05) is 6.07 Å². The van der Waals surface area contributed by atoms with Crippen LogP contribution in [-0.2, 0) is 17.8 Å². The van der Waals surface area contributed by atoms with E-state index in [-0.39, 0.29) is 17.9 Å². The fourth-order valence-electron chi connectivity index (χ4n) is 6.36. The largest absolute Gasteiger partial charge is 0.329 e. The van der Waals surface area contributed by atoms with Crippen molar-refractivity contribution in [3.63, 3.8) is 0 Å². The Labute approximate surface area is 196 Å². The van der Waals surface area contributed by atoms with Crippen molar-refractivity contribution in [2.24, 2.45) is 5.92 Å². The standard InChI is InChI=1S/C27H36FN3O2/c1-17-10-13-25(26(32)29-17)31-16-20-15-18(11-12-21(20)27(31)33)14-19-6-2-4-8-23(19)30-24-9-5-3-7-22(24)28/h11-12,15,19,22-25,30H,1-10,13-14,16H2,(H,29,32)/t19-,22+,23+,24+,25?/m1/s1. The monoisotopic (exact) mass is 453 g/mol.